The first-order valence-electron chi connectivity index (χ1n) is 17.9. The van der Waals surface area contributed by atoms with Crippen LogP contribution in [0.5, 0.6) is 0 Å². The molecular weight excluding hydrogens is 633 g/mol. The quantitative estimate of drug-likeness (QED) is 0.189. The second-order valence-corrected chi connectivity index (χ2v) is 14.4. The van der Waals surface area contributed by atoms with Gasteiger partial charge in [0.25, 0.3) is 0 Å². The summed E-state index contributed by atoms with van der Waals surface area (Å²) in [6, 6.07) is 52.4. The van der Waals surface area contributed by atoms with E-state index >= 15 is 0 Å². The molecule has 6 aromatic carbocycles. The molecule has 0 atom stereocenters. The minimum atomic E-state index is -0.248. The zero-order valence-electron chi connectivity index (χ0n) is 28.8. The van der Waals surface area contributed by atoms with Gasteiger partial charge in [-0.1, -0.05) is 111 Å². The van der Waals surface area contributed by atoms with Gasteiger partial charge in [0, 0.05) is 34.1 Å². The summed E-state index contributed by atoms with van der Waals surface area (Å²) in [6.07, 6.45) is 3.66. The molecule has 52 heavy (non-hydrogen) atoms. The monoisotopic (exact) mass is 664 g/mol. The highest BCUT2D eigenvalue weighted by Crippen LogP contribution is 2.58. The van der Waals surface area contributed by atoms with E-state index in [2.05, 4.69) is 128 Å². The van der Waals surface area contributed by atoms with E-state index in [9.17, 15) is 0 Å². The van der Waals surface area contributed by atoms with Crippen molar-refractivity contribution in [3.05, 3.63) is 169 Å². The first-order valence-corrected chi connectivity index (χ1v) is 17.9. The van der Waals surface area contributed by atoms with Gasteiger partial charge in [0.05, 0.1) is 39.5 Å². The van der Waals surface area contributed by atoms with Crippen LogP contribution in [0.1, 0.15) is 25.0 Å². The van der Waals surface area contributed by atoms with Gasteiger partial charge in [0.1, 0.15) is 0 Å². The molecule has 4 heteroatoms. The summed E-state index contributed by atoms with van der Waals surface area (Å²) >= 11 is 0. The van der Waals surface area contributed by atoms with Crippen LogP contribution in [-0.4, -0.2) is 19.5 Å². The van der Waals surface area contributed by atoms with Crippen LogP contribution in [0.25, 0.3) is 93.7 Å². The fourth-order valence-corrected chi connectivity index (χ4v) is 9.05. The van der Waals surface area contributed by atoms with E-state index in [-0.39, 0.29) is 5.41 Å². The highest BCUT2D eigenvalue weighted by molar-refractivity contribution is 6.29. The lowest BCUT2D eigenvalue weighted by molar-refractivity contribution is 0.672. The predicted octanol–water partition coefficient (Wildman–Crippen LogP) is 12.1. The Balaban J connectivity index is 1.39. The van der Waals surface area contributed by atoms with Gasteiger partial charge in [-0.25, -0.2) is 4.98 Å². The SMILES string of the molecule is CC1(C)c2c(ccc3ccccc23)-c2c1c1ccccc1c1c3cc4ccccc4cc3n(-c3cc(-c4ccccn4)nc(-c4ccccn4)c3)c21. The van der Waals surface area contributed by atoms with E-state index in [0.29, 0.717) is 0 Å². The zero-order chi connectivity index (χ0) is 34.6. The van der Waals surface area contributed by atoms with Crippen LogP contribution in [0, 0.1) is 0 Å². The molecule has 0 fully saturated rings. The maximum atomic E-state index is 5.17. The molecule has 1 aliphatic rings. The van der Waals surface area contributed by atoms with E-state index in [1.807, 2.05) is 48.8 Å². The smallest absolute Gasteiger partial charge is 0.0915 e. The second-order valence-electron chi connectivity index (χ2n) is 14.4. The van der Waals surface area contributed by atoms with Gasteiger partial charge < -0.3 is 4.57 Å². The molecule has 0 unspecified atom stereocenters. The molecule has 4 nitrogen and oxygen atoms in total. The Labute approximate surface area is 300 Å². The lowest BCUT2D eigenvalue weighted by Crippen LogP contribution is -2.16. The molecule has 0 saturated carbocycles. The van der Waals surface area contributed by atoms with E-state index in [4.69, 9.17) is 15.0 Å². The average Bonchev–Trinajstić information content (AvgIpc) is 3.66. The van der Waals surface area contributed by atoms with E-state index in [0.717, 1.165) is 34.0 Å². The highest BCUT2D eigenvalue weighted by Gasteiger charge is 2.41. The number of pyridine rings is 3. The normalized spacial score (nSPS) is 13.3. The lowest BCUT2D eigenvalue weighted by Gasteiger charge is -2.25. The average molecular weight is 665 g/mol. The van der Waals surface area contributed by atoms with Crippen LogP contribution in [0.3, 0.4) is 0 Å². The maximum Gasteiger partial charge on any atom is 0.0915 e. The molecule has 244 valence electrons. The van der Waals surface area contributed by atoms with Crippen LogP contribution < -0.4 is 0 Å². The molecule has 0 N–H and O–H groups in total. The Kier molecular flexibility index (Phi) is 5.98. The molecule has 11 rings (SSSR count). The number of hydrogen-bond donors (Lipinski definition) is 0. The molecular formula is C48H32N4. The summed E-state index contributed by atoms with van der Waals surface area (Å²) in [6.45, 7) is 4.82. The Hall–Kier alpha value is -6.65. The van der Waals surface area contributed by atoms with Gasteiger partial charge in [-0.15, -0.1) is 0 Å². The maximum absolute atomic E-state index is 5.17. The Morgan fingerprint density at radius 3 is 1.75 bits per heavy atom. The number of fused-ring (bicyclic) bond motifs is 13. The van der Waals surface area contributed by atoms with Crippen LogP contribution >= 0.6 is 0 Å². The first-order chi connectivity index (χ1) is 25.6. The fourth-order valence-electron chi connectivity index (χ4n) is 9.05. The summed E-state index contributed by atoms with van der Waals surface area (Å²) < 4.78 is 2.50. The molecule has 0 aliphatic heterocycles. The molecule has 4 heterocycles. The number of rotatable bonds is 3. The van der Waals surface area contributed by atoms with Gasteiger partial charge in [-0.05, 0) is 97.5 Å². The number of benzene rings is 6. The largest absolute Gasteiger partial charge is 0.308 e. The first kappa shape index (κ1) is 29.1. The number of aromatic nitrogens is 4. The van der Waals surface area contributed by atoms with Crippen molar-refractivity contribution in [3.63, 3.8) is 0 Å². The fraction of sp³-hybridized carbons (Fsp3) is 0.0625. The van der Waals surface area contributed by atoms with Crippen molar-refractivity contribution in [2.24, 2.45) is 0 Å². The van der Waals surface area contributed by atoms with Crippen LogP contribution in [0.15, 0.2) is 158 Å². The van der Waals surface area contributed by atoms with Gasteiger partial charge in [0.15, 0.2) is 0 Å². The van der Waals surface area contributed by atoms with Crippen molar-refractivity contribution >= 4 is 54.1 Å². The molecule has 0 spiro atoms. The van der Waals surface area contributed by atoms with Crippen molar-refractivity contribution in [3.8, 4) is 39.6 Å². The topological polar surface area (TPSA) is 43.6 Å². The third-order valence-corrected chi connectivity index (χ3v) is 11.2. The molecule has 4 aromatic heterocycles. The summed E-state index contributed by atoms with van der Waals surface area (Å²) in [4.78, 5) is 14.7. The Bertz CT molecular complexity index is 3030. The van der Waals surface area contributed by atoms with Crippen molar-refractivity contribution in [2.45, 2.75) is 19.3 Å². The van der Waals surface area contributed by atoms with Crippen molar-refractivity contribution in [1.29, 1.82) is 0 Å². The zero-order valence-corrected chi connectivity index (χ0v) is 28.8. The predicted molar refractivity (Wildman–Crippen MR) is 215 cm³/mol. The van der Waals surface area contributed by atoms with Gasteiger partial charge in [-0.2, -0.15) is 0 Å². The van der Waals surface area contributed by atoms with Crippen molar-refractivity contribution < 1.29 is 0 Å². The second kappa shape index (κ2) is 10.7. The number of nitrogens with zero attached hydrogens (tertiary/aromatic N) is 4. The van der Waals surface area contributed by atoms with Gasteiger partial charge >= 0.3 is 0 Å². The molecule has 0 radical (unpaired) electrons. The van der Waals surface area contributed by atoms with Crippen LogP contribution in [0.4, 0.5) is 0 Å². The standard InChI is InChI=1S/C48H32N4/c1-48(2)45-33-16-6-5-13-29(33)21-22-36(45)44-46(48)35-18-8-7-17-34(35)43-37-25-30-14-3-4-15-31(30)26-42(37)52(47(43)44)32-27-40(38-19-9-11-23-49-38)51-41(28-32)39-20-10-12-24-50-39/h3-28H,1-2H3. The van der Waals surface area contributed by atoms with E-state index < -0.39 is 0 Å². The number of hydrogen-bond acceptors (Lipinski definition) is 3. The highest BCUT2D eigenvalue weighted by atomic mass is 15.0. The van der Waals surface area contributed by atoms with E-state index in [1.54, 1.807) is 0 Å². The Morgan fingerprint density at radius 1 is 0.481 bits per heavy atom. The third kappa shape index (κ3) is 4.00. The third-order valence-electron chi connectivity index (χ3n) is 11.2. The summed E-state index contributed by atoms with van der Waals surface area (Å²) in [5.74, 6) is 0. The molecule has 0 amide bonds. The van der Waals surface area contributed by atoms with Gasteiger partial charge in [-0.3, -0.25) is 9.97 Å². The minimum absolute atomic E-state index is 0.248. The molecule has 0 bridgehead atoms. The van der Waals surface area contributed by atoms with E-state index in [1.165, 1.54) is 70.9 Å². The lowest BCUT2D eigenvalue weighted by atomic mass is 9.78. The molecule has 1 aliphatic carbocycles. The Morgan fingerprint density at radius 2 is 1.08 bits per heavy atom. The summed E-state index contributed by atoms with van der Waals surface area (Å²) in [5.41, 5.74) is 11.8. The summed E-state index contributed by atoms with van der Waals surface area (Å²) in [5, 5.41) is 10.1. The minimum Gasteiger partial charge on any atom is -0.308 e. The molecule has 10 aromatic rings. The van der Waals surface area contributed by atoms with Crippen LogP contribution in [-0.2, 0) is 5.41 Å². The van der Waals surface area contributed by atoms with Crippen LogP contribution in [0.2, 0.25) is 0 Å². The van der Waals surface area contributed by atoms with Crippen molar-refractivity contribution in [1.82, 2.24) is 19.5 Å². The van der Waals surface area contributed by atoms with Gasteiger partial charge in [0.2, 0.25) is 0 Å². The molecule has 0 saturated heterocycles. The summed E-state index contributed by atoms with van der Waals surface area (Å²) in [7, 11) is 0. The van der Waals surface area contributed by atoms with Crippen molar-refractivity contribution in [2.75, 3.05) is 0 Å².